The van der Waals surface area contributed by atoms with Gasteiger partial charge in [-0.1, -0.05) is 41.6 Å². The van der Waals surface area contributed by atoms with Crippen molar-refractivity contribution >= 4 is 23.8 Å². The zero-order valence-electron chi connectivity index (χ0n) is 15.5. The van der Waals surface area contributed by atoms with Gasteiger partial charge in [-0.15, -0.1) is 0 Å². The standard InChI is InChI=1S/C20H21N3O5/c1-21-19(26)18(17(25)12-24)23(2)20(27)16-9-7-15(8-10-16)14-5-3-13(4-6-14)11-22-28/h3-11,18,24,28H,12H2,1-2H3,(H,21,26)/b22-11+. The number of hydrogen-bond acceptors (Lipinski definition) is 6. The van der Waals surface area contributed by atoms with Gasteiger partial charge in [0.05, 0.1) is 6.21 Å². The number of nitrogens with one attached hydrogen (secondary N) is 1. The number of oxime groups is 1. The quantitative estimate of drug-likeness (QED) is 0.284. The lowest BCUT2D eigenvalue weighted by atomic mass is 10.0. The molecule has 0 heterocycles. The number of Topliss-reactive ketones (excluding diaryl/α,β-unsaturated/α-hetero) is 1. The van der Waals surface area contributed by atoms with Crippen molar-refractivity contribution < 1.29 is 24.7 Å². The lowest BCUT2D eigenvalue weighted by molar-refractivity contribution is -0.135. The third kappa shape index (κ3) is 4.60. The number of rotatable bonds is 7. The average Bonchev–Trinajstić information content (AvgIpc) is 2.73. The summed E-state index contributed by atoms with van der Waals surface area (Å²) in [7, 11) is 2.69. The molecular weight excluding hydrogens is 362 g/mol. The lowest BCUT2D eigenvalue weighted by Crippen LogP contribution is -2.52. The SMILES string of the molecule is CNC(=O)C(C(=O)CO)N(C)C(=O)c1ccc(-c2ccc(/C=N/O)cc2)cc1. The minimum Gasteiger partial charge on any atom is -0.411 e. The van der Waals surface area contributed by atoms with Crippen LogP contribution < -0.4 is 5.32 Å². The Kier molecular flexibility index (Phi) is 7.00. The van der Waals surface area contributed by atoms with Crippen LogP contribution in [0.2, 0.25) is 0 Å². The van der Waals surface area contributed by atoms with Gasteiger partial charge in [0.1, 0.15) is 6.61 Å². The topological polar surface area (TPSA) is 119 Å². The van der Waals surface area contributed by atoms with Crippen LogP contribution in [0.25, 0.3) is 11.1 Å². The number of carbonyl (C=O) groups excluding carboxylic acids is 3. The number of aliphatic hydroxyl groups excluding tert-OH is 1. The molecule has 0 aromatic heterocycles. The van der Waals surface area contributed by atoms with Crippen LogP contribution in [0, 0.1) is 0 Å². The molecule has 3 N–H and O–H groups in total. The van der Waals surface area contributed by atoms with Crippen LogP contribution in [-0.2, 0) is 9.59 Å². The Morgan fingerprint density at radius 2 is 1.61 bits per heavy atom. The zero-order valence-corrected chi connectivity index (χ0v) is 15.5. The zero-order chi connectivity index (χ0) is 20.7. The highest BCUT2D eigenvalue weighted by Crippen LogP contribution is 2.21. The van der Waals surface area contributed by atoms with Crippen LogP contribution in [0.1, 0.15) is 15.9 Å². The van der Waals surface area contributed by atoms with E-state index in [0.29, 0.717) is 5.56 Å². The highest BCUT2D eigenvalue weighted by molar-refractivity contribution is 6.10. The molecule has 0 radical (unpaired) electrons. The van der Waals surface area contributed by atoms with E-state index in [9.17, 15) is 14.4 Å². The molecule has 2 rings (SSSR count). The predicted molar refractivity (Wildman–Crippen MR) is 103 cm³/mol. The smallest absolute Gasteiger partial charge is 0.254 e. The van der Waals surface area contributed by atoms with Crippen molar-refractivity contribution in [1.82, 2.24) is 10.2 Å². The highest BCUT2D eigenvalue weighted by Gasteiger charge is 2.32. The second-order valence-electron chi connectivity index (χ2n) is 6.00. The molecule has 0 saturated heterocycles. The molecule has 0 saturated carbocycles. The fourth-order valence-electron chi connectivity index (χ4n) is 2.72. The maximum atomic E-state index is 12.7. The van der Waals surface area contributed by atoms with Crippen LogP contribution in [0.4, 0.5) is 0 Å². The van der Waals surface area contributed by atoms with Crippen LogP contribution in [0.3, 0.4) is 0 Å². The van der Waals surface area contributed by atoms with Gasteiger partial charge in [0.25, 0.3) is 5.91 Å². The normalized spacial score (nSPS) is 11.8. The van der Waals surface area contributed by atoms with Gasteiger partial charge in [-0.05, 0) is 28.8 Å². The first-order valence-electron chi connectivity index (χ1n) is 8.43. The average molecular weight is 383 g/mol. The van der Waals surface area contributed by atoms with Gasteiger partial charge >= 0.3 is 0 Å². The monoisotopic (exact) mass is 383 g/mol. The summed E-state index contributed by atoms with van der Waals surface area (Å²) in [5, 5.41) is 22.9. The molecule has 2 aromatic carbocycles. The van der Waals surface area contributed by atoms with Crippen molar-refractivity contribution in [2.45, 2.75) is 6.04 Å². The first kappa shape index (κ1) is 20.8. The van der Waals surface area contributed by atoms with Gasteiger partial charge in [0.15, 0.2) is 11.8 Å². The van der Waals surface area contributed by atoms with E-state index in [4.69, 9.17) is 10.3 Å². The number of aliphatic hydroxyl groups is 1. The number of benzene rings is 2. The molecule has 0 aliphatic rings. The van der Waals surface area contributed by atoms with E-state index in [1.54, 1.807) is 36.4 Å². The molecular formula is C20H21N3O5. The summed E-state index contributed by atoms with van der Waals surface area (Å²) < 4.78 is 0. The van der Waals surface area contributed by atoms with E-state index in [1.165, 1.54) is 20.3 Å². The van der Waals surface area contributed by atoms with Gasteiger partial charge in [-0.25, -0.2) is 0 Å². The minimum atomic E-state index is -1.40. The van der Waals surface area contributed by atoms with Crippen LogP contribution in [0.15, 0.2) is 53.7 Å². The van der Waals surface area contributed by atoms with Crippen LogP contribution in [-0.4, -0.2) is 65.8 Å². The molecule has 8 heteroatoms. The van der Waals surface area contributed by atoms with Crippen molar-refractivity contribution in [2.75, 3.05) is 20.7 Å². The summed E-state index contributed by atoms with van der Waals surface area (Å²) in [6, 6.07) is 12.6. The minimum absolute atomic E-state index is 0.301. The van der Waals surface area contributed by atoms with E-state index in [2.05, 4.69) is 10.5 Å². The van der Waals surface area contributed by atoms with E-state index in [-0.39, 0.29) is 0 Å². The summed E-state index contributed by atoms with van der Waals surface area (Å²) in [5.74, 6) is -1.95. The Labute approximate surface area is 162 Å². The summed E-state index contributed by atoms with van der Waals surface area (Å²) >= 11 is 0. The molecule has 0 aliphatic carbocycles. The molecule has 1 unspecified atom stereocenters. The molecule has 28 heavy (non-hydrogen) atoms. The Morgan fingerprint density at radius 1 is 1.07 bits per heavy atom. The largest absolute Gasteiger partial charge is 0.411 e. The first-order valence-corrected chi connectivity index (χ1v) is 8.43. The van der Waals surface area contributed by atoms with Gasteiger partial charge in [-0.2, -0.15) is 0 Å². The number of likely N-dealkylation sites (N-methyl/N-ethyl adjacent to an activating group) is 2. The molecule has 0 fully saturated rings. The van der Waals surface area contributed by atoms with E-state index in [0.717, 1.165) is 21.6 Å². The second kappa shape index (κ2) is 9.43. The Bertz CT molecular complexity index is 860. The molecule has 1 atom stereocenters. The maximum Gasteiger partial charge on any atom is 0.254 e. The fraction of sp³-hybridized carbons (Fsp3) is 0.200. The van der Waals surface area contributed by atoms with Crippen molar-refractivity contribution in [2.24, 2.45) is 5.16 Å². The molecule has 8 nitrogen and oxygen atoms in total. The summed E-state index contributed by atoms with van der Waals surface area (Å²) in [5.41, 5.74) is 2.81. The number of ketones is 1. The summed E-state index contributed by atoms with van der Waals surface area (Å²) in [6.07, 6.45) is 1.32. The van der Waals surface area contributed by atoms with Gasteiger partial charge in [0.2, 0.25) is 5.91 Å². The summed E-state index contributed by atoms with van der Waals surface area (Å²) in [6.45, 7) is -0.842. The van der Waals surface area contributed by atoms with Gasteiger partial charge in [0, 0.05) is 19.7 Å². The molecule has 0 bridgehead atoms. The van der Waals surface area contributed by atoms with Crippen LogP contribution >= 0.6 is 0 Å². The number of nitrogens with zero attached hydrogens (tertiary/aromatic N) is 2. The van der Waals surface area contributed by atoms with E-state index >= 15 is 0 Å². The highest BCUT2D eigenvalue weighted by atomic mass is 16.4. The Hall–Kier alpha value is -3.52. The van der Waals surface area contributed by atoms with Crippen molar-refractivity contribution in [3.8, 4) is 11.1 Å². The second-order valence-corrected chi connectivity index (χ2v) is 6.00. The predicted octanol–water partition coefficient (Wildman–Crippen LogP) is 0.910. The van der Waals surface area contributed by atoms with E-state index < -0.39 is 30.2 Å². The third-order valence-corrected chi connectivity index (χ3v) is 4.25. The van der Waals surface area contributed by atoms with E-state index in [1.807, 2.05) is 12.1 Å². The third-order valence-electron chi connectivity index (χ3n) is 4.25. The Balaban J connectivity index is 2.22. The number of hydrogen-bond donors (Lipinski definition) is 3. The Morgan fingerprint density at radius 3 is 2.07 bits per heavy atom. The molecule has 0 aliphatic heterocycles. The maximum absolute atomic E-state index is 12.7. The molecule has 2 amide bonds. The fourth-order valence-corrected chi connectivity index (χ4v) is 2.72. The number of amides is 2. The van der Waals surface area contributed by atoms with Gasteiger partial charge < -0.3 is 20.5 Å². The molecule has 2 aromatic rings. The van der Waals surface area contributed by atoms with Crippen LogP contribution in [0.5, 0.6) is 0 Å². The first-order chi connectivity index (χ1) is 13.4. The lowest BCUT2D eigenvalue weighted by Gasteiger charge is -2.25. The molecule has 0 spiro atoms. The van der Waals surface area contributed by atoms with Crippen molar-refractivity contribution in [3.63, 3.8) is 0 Å². The number of carbonyl (C=O) groups is 3. The summed E-state index contributed by atoms with van der Waals surface area (Å²) in [4.78, 5) is 37.5. The van der Waals surface area contributed by atoms with Crippen molar-refractivity contribution in [1.29, 1.82) is 0 Å². The van der Waals surface area contributed by atoms with Crippen molar-refractivity contribution in [3.05, 3.63) is 59.7 Å². The molecule has 146 valence electrons. The van der Waals surface area contributed by atoms with Gasteiger partial charge in [-0.3, -0.25) is 14.4 Å².